The lowest BCUT2D eigenvalue weighted by Crippen LogP contribution is -2.31. The Morgan fingerprint density at radius 2 is 1.83 bits per heavy atom. The summed E-state index contributed by atoms with van der Waals surface area (Å²) in [5, 5.41) is 3.87. The number of benzene rings is 2. The molecule has 1 atom stereocenters. The summed E-state index contributed by atoms with van der Waals surface area (Å²) in [4.78, 5) is 23.7. The minimum Gasteiger partial charge on any atom is -0.483 e. The Morgan fingerprint density at radius 3 is 2.50 bits per heavy atom. The first kappa shape index (κ1) is 18.3. The van der Waals surface area contributed by atoms with E-state index in [1.165, 1.54) is 13.0 Å². The van der Waals surface area contributed by atoms with E-state index in [-0.39, 0.29) is 24.3 Å². The molecule has 6 heteroatoms. The van der Waals surface area contributed by atoms with Crippen LogP contribution in [0.5, 0.6) is 5.75 Å². The zero-order valence-electron chi connectivity index (χ0n) is 13.3. The molecule has 2 aromatic rings. The van der Waals surface area contributed by atoms with Crippen molar-refractivity contribution in [2.75, 3.05) is 6.61 Å². The number of ketones is 1. The van der Waals surface area contributed by atoms with Gasteiger partial charge < -0.3 is 10.1 Å². The number of hydrogen-bond donors (Lipinski definition) is 1. The number of nitrogens with one attached hydrogen (secondary N) is 1. The molecule has 24 heavy (non-hydrogen) atoms. The van der Waals surface area contributed by atoms with E-state index in [2.05, 4.69) is 5.32 Å². The number of amides is 1. The van der Waals surface area contributed by atoms with Crippen molar-refractivity contribution in [2.45, 2.75) is 19.9 Å². The molecule has 0 aliphatic rings. The number of hydrogen-bond acceptors (Lipinski definition) is 3. The summed E-state index contributed by atoms with van der Waals surface area (Å²) in [6.45, 7) is 3.07. The minimum absolute atomic E-state index is 0.180. The van der Waals surface area contributed by atoms with Gasteiger partial charge in [-0.15, -0.1) is 0 Å². The number of ether oxygens (including phenoxy) is 1. The molecule has 4 nitrogen and oxygen atoms in total. The molecule has 1 N–H and O–H groups in total. The third-order valence-corrected chi connectivity index (χ3v) is 3.88. The normalized spacial score (nSPS) is 11.7. The van der Waals surface area contributed by atoms with Gasteiger partial charge in [0.1, 0.15) is 5.75 Å². The lowest BCUT2D eigenvalue weighted by molar-refractivity contribution is -0.123. The van der Waals surface area contributed by atoms with Crippen molar-refractivity contribution >= 4 is 34.9 Å². The average Bonchev–Trinajstić information content (AvgIpc) is 2.53. The molecule has 2 rings (SSSR count). The van der Waals surface area contributed by atoms with Gasteiger partial charge in [0.05, 0.1) is 11.6 Å². The van der Waals surface area contributed by atoms with Gasteiger partial charge in [-0.1, -0.05) is 35.3 Å². The van der Waals surface area contributed by atoms with Crippen LogP contribution in [0.2, 0.25) is 10.0 Å². The third-order valence-electron chi connectivity index (χ3n) is 3.41. The molecule has 0 aliphatic carbocycles. The van der Waals surface area contributed by atoms with Gasteiger partial charge in [0.15, 0.2) is 12.4 Å². The van der Waals surface area contributed by atoms with Crippen LogP contribution >= 0.6 is 23.2 Å². The van der Waals surface area contributed by atoms with E-state index >= 15 is 0 Å². The third kappa shape index (κ3) is 4.98. The van der Waals surface area contributed by atoms with Gasteiger partial charge in [-0.3, -0.25) is 9.59 Å². The Bertz CT molecular complexity index is 762. The molecule has 0 aliphatic heterocycles. The summed E-state index contributed by atoms with van der Waals surface area (Å²) in [5.74, 6) is -0.149. The van der Waals surface area contributed by atoms with Crippen LogP contribution < -0.4 is 10.1 Å². The van der Waals surface area contributed by atoms with E-state index < -0.39 is 0 Å². The molecule has 2 aromatic carbocycles. The van der Waals surface area contributed by atoms with Crippen LogP contribution in [0.15, 0.2) is 42.5 Å². The summed E-state index contributed by atoms with van der Waals surface area (Å²) in [7, 11) is 0. The number of rotatable bonds is 6. The van der Waals surface area contributed by atoms with Crippen LogP contribution in [0.25, 0.3) is 0 Å². The predicted octanol–water partition coefficient (Wildman–Crippen LogP) is 4.45. The van der Waals surface area contributed by atoms with E-state index in [1.54, 1.807) is 24.3 Å². The van der Waals surface area contributed by atoms with E-state index in [0.29, 0.717) is 21.4 Å². The lowest BCUT2D eigenvalue weighted by Gasteiger charge is -2.15. The Kier molecular flexibility index (Phi) is 6.23. The summed E-state index contributed by atoms with van der Waals surface area (Å²) >= 11 is 11.8. The summed E-state index contributed by atoms with van der Waals surface area (Å²) in [6, 6.07) is 11.8. The van der Waals surface area contributed by atoms with Crippen molar-refractivity contribution in [3.05, 3.63) is 63.6 Å². The molecule has 1 amide bonds. The molecule has 0 spiro atoms. The van der Waals surface area contributed by atoms with Crippen molar-refractivity contribution in [2.24, 2.45) is 0 Å². The van der Waals surface area contributed by atoms with E-state index in [9.17, 15) is 9.59 Å². The second kappa shape index (κ2) is 8.18. The first-order valence-electron chi connectivity index (χ1n) is 7.35. The van der Waals surface area contributed by atoms with Crippen LogP contribution in [0.3, 0.4) is 0 Å². The first-order chi connectivity index (χ1) is 11.4. The molecule has 0 fully saturated rings. The summed E-state index contributed by atoms with van der Waals surface area (Å²) < 4.78 is 5.46. The second-order valence-corrected chi connectivity index (χ2v) is 6.20. The SMILES string of the molecule is CC(=O)c1cc(Cl)ccc1OCC(=O)N[C@H](C)c1cccc(Cl)c1. The number of carbonyl (C=O) groups excluding carboxylic acids is 2. The van der Waals surface area contributed by atoms with Crippen LogP contribution in [0.4, 0.5) is 0 Å². The summed E-state index contributed by atoms with van der Waals surface area (Å²) in [6.07, 6.45) is 0. The zero-order chi connectivity index (χ0) is 17.7. The molecular weight excluding hydrogens is 349 g/mol. The van der Waals surface area contributed by atoms with Crippen LogP contribution in [-0.2, 0) is 4.79 Å². The van der Waals surface area contributed by atoms with Crippen molar-refractivity contribution in [1.29, 1.82) is 0 Å². The molecule has 0 radical (unpaired) electrons. The second-order valence-electron chi connectivity index (χ2n) is 5.33. The van der Waals surface area contributed by atoms with Gasteiger partial charge in [0.25, 0.3) is 5.91 Å². The van der Waals surface area contributed by atoms with E-state index in [1.807, 2.05) is 19.1 Å². The Hall–Kier alpha value is -2.04. The molecule has 0 unspecified atom stereocenters. The fourth-order valence-corrected chi connectivity index (χ4v) is 2.56. The fourth-order valence-electron chi connectivity index (χ4n) is 2.19. The topological polar surface area (TPSA) is 55.4 Å². The molecule has 126 valence electrons. The van der Waals surface area contributed by atoms with Gasteiger partial charge in [-0.05, 0) is 49.7 Å². The minimum atomic E-state index is -0.299. The van der Waals surface area contributed by atoms with Crippen molar-refractivity contribution in [1.82, 2.24) is 5.32 Å². The lowest BCUT2D eigenvalue weighted by atomic mass is 10.1. The highest BCUT2D eigenvalue weighted by Crippen LogP contribution is 2.23. The summed E-state index contributed by atoms with van der Waals surface area (Å²) in [5.41, 5.74) is 1.24. The predicted molar refractivity (Wildman–Crippen MR) is 95.0 cm³/mol. The van der Waals surface area contributed by atoms with Gasteiger partial charge in [0, 0.05) is 10.0 Å². The van der Waals surface area contributed by atoms with E-state index in [4.69, 9.17) is 27.9 Å². The van der Waals surface area contributed by atoms with E-state index in [0.717, 1.165) is 5.56 Å². The van der Waals surface area contributed by atoms with Crippen LogP contribution in [-0.4, -0.2) is 18.3 Å². The van der Waals surface area contributed by atoms with Gasteiger partial charge in [-0.25, -0.2) is 0 Å². The molecule has 0 saturated heterocycles. The molecular formula is C18H17Cl2NO3. The van der Waals surface area contributed by atoms with Crippen molar-refractivity contribution < 1.29 is 14.3 Å². The Labute approximate surface area is 150 Å². The van der Waals surface area contributed by atoms with Gasteiger partial charge in [-0.2, -0.15) is 0 Å². The van der Waals surface area contributed by atoms with Crippen LogP contribution in [0.1, 0.15) is 35.8 Å². The van der Waals surface area contributed by atoms with Crippen molar-refractivity contribution in [3.63, 3.8) is 0 Å². The fraction of sp³-hybridized carbons (Fsp3) is 0.222. The van der Waals surface area contributed by atoms with Gasteiger partial charge >= 0.3 is 0 Å². The molecule has 0 aromatic heterocycles. The average molecular weight is 366 g/mol. The Balaban J connectivity index is 1.97. The van der Waals surface area contributed by atoms with Crippen molar-refractivity contribution in [3.8, 4) is 5.75 Å². The monoisotopic (exact) mass is 365 g/mol. The first-order valence-corrected chi connectivity index (χ1v) is 8.10. The maximum absolute atomic E-state index is 12.1. The van der Waals surface area contributed by atoms with Crippen LogP contribution in [0, 0.1) is 0 Å². The maximum Gasteiger partial charge on any atom is 0.258 e. The number of carbonyl (C=O) groups is 2. The highest BCUT2D eigenvalue weighted by atomic mass is 35.5. The molecule has 0 heterocycles. The highest BCUT2D eigenvalue weighted by Gasteiger charge is 2.13. The number of Topliss-reactive ketones (excluding diaryl/α,β-unsaturated/α-hetero) is 1. The molecule has 0 bridgehead atoms. The number of halogens is 2. The standard InChI is InChI=1S/C18H17Cl2NO3/c1-11(13-4-3-5-14(19)8-13)21-18(23)10-24-17-7-6-15(20)9-16(17)12(2)22/h3-9,11H,10H2,1-2H3,(H,21,23)/t11-/m1/s1. The molecule has 0 saturated carbocycles. The zero-order valence-corrected chi connectivity index (χ0v) is 14.8. The highest BCUT2D eigenvalue weighted by molar-refractivity contribution is 6.31. The Morgan fingerprint density at radius 1 is 1.12 bits per heavy atom. The smallest absolute Gasteiger partial charge is 0.258 e. The van der Waals surface area contributed by atoms with Gasteiger partial charge in [0.2, 0.25) is 0 Å². The largest absolute Gasteiger partial charge is 0.483 e. The quantitative estimate of drug-likeness (QED) is 0.769. The maximum atomic E-state index is 12.1.